The van der Waals surface area contributed by atoms with Crippen LogP contribution in [0.1, 0.15) is 51.5 Å². The number of anilines is 1. The molecule has 1 aliphatic rings. The molecule has 0 bridgehead atoms. The number of aryl methyl sites for hydroxylation is 1. The Hall–Kier alpha value is -1.55. The molecule has 1 atom stereocenters. The van der Waals surface area contributed by atoms with Crippen molar-refractivity contribution in [3.05, 3.63) is 29.8 Å². The van der Waals surface area contributed by atoms with Crippen LogP contribution in [0.15, 0.2) is 24.3 Å². The molecule has 4 nitrogen and oxygen atoms in total. The Labute approximate surface area is 139 Å². The van der Waals surface area contributed by atoms with E-state index in [4.69, 9.17) is 0 Å². The van der Waals surface area contributed by atoms with E-state index in [2.05, 4.69) is 24.4 Å². The zero-order valence-electron chi connectivity index (χ0n) is 14.4. The quantitative estimate of drug-likeness (QED) is 0.778. The maximum atomic E-state index is 12.3. The largest absolute Gasteiger partial charge is 0.393 e. The van der Waals surface area contributed by atoms with Gasteiger partial charge in [0.25, 0.3) is 0 Å². The molecule has 1 aromatic rings. The van der Waals surface area contributed by atoms with Gasteiger partial charge in [-0.25, -0.2) is 4.79 Å². The molecule has 0 radical (unpaired) electrons. The van der Waals surface area contributed by atoms with Gasteiger partial charge in [0.15, 0.2) is 0 Å². The lowest BCUT2D eigenvalue weighted by Crippen LogP contribution is -2.42. The Morgan fingerprint density at radius 3 is 2.48 bits per heavy atom. The van der Waals surface area contributed by atoms with Crippen molar-refractivity contribution in [1.82, 2.24) is 4.90 Å². The minimum absolute atomic E-state index is 0.0345. The predicted octanol–water partition coefficient (Wildman–Crippen LogP) is 4.04. The van der Waals surface area contributed by atoms with E-state index in [1.807, 2.05) is 24.0 Å². The Bertz CT molecular complexity index is 477. The minimum Gasteiger partial charge on any atom is -0.393 e. The Morgan fingerprint density at radius 2 is 1.91 bits per heavy atom. The van der Waals surface area contributed by atoms with E-state index in [1.165, 1.54) is 24.8 Å². The average molecular weight is 318 g/mol. The highest BCUT2D eigenvalue weighted by atomic mass is 16.3. The fraction of sp³-hybridized carbons (Fsp3) is 0.632. The lowest BCUT2D eigenvalue weighted by atomic mass is 9.92. The number of aliphatic hydroxyl groups excluding tert-OH is 1. The van der Waals surface area contributed by atoms with E-state index >= 15 is 0 Å². The van der Waals surface area contributed by atoms with E-state index in [0.29, 0.717) is 5.92 Å². The van der Waals surface area contributed by atoms with E-state index in [9.17, 15) is 9.90 Å². The summed E-state index contributed by atoms with van der Waals surface area (Å²) in [5.41, 5.74) is 2.18. The van der Waals surface area contributed by atoms with E-state index in [0.717, 1.165) is 38.0 Å². The molecule has 23 heavy (non-hydrogen) atoms. The summed E-state index contributed by atoms with van der Waals surface area (Å²) in [6, 6.07) is 8.15. The van der Waals surface area contributed by atoms with Gasteiger partial charge in [0.05, 0.1) is 6.10 Å². The number of unbranched alkanes of at least 4 members (excludes halogenated alkanes) is 2. The van der Waals surface area contributed by atoms with Crippen molar-refractivity contribution in [2.24, 2.45) is 5.92 Å². The first-order valence-electron chi connectivity index (χ1n) is 8.93. The highest BCUT2D eigenvalue weighted by molar-refractivity contribution is 5.89. The number of likely N-dealkylation sites (tertiary alicyclic amines) is 1. The van der Waals surface area contributed by atoms with Crippen LogP contribution in [-0.2, 0) is 6.42 Å². The average Bonchev–Trinajstić information content (AvgIpc) is 2.56. The fourth-order valence-corrected chi connectivity index (χ4v) is 3.12. The molecule has 0 aromatic heterocycles. The molecule has 128 valence electrons. The number of carbonyl (C=O) groups excluding carboxylic acids is 1. The summed E-state index contributed by atoms with van der Waals surface area (Å²) in [5, 5.41) is 12.6. The van der Waals surface area contributed by atoms with Crippen LogP contribution in [0.3, 0.4) is 0 Å². The Morgan fingerprint density at radius 1 is 1.26 bits per heavy atom. The molecular weight excluding hydrogens is 288 g/mol. The monoisotopic (exact) mass is 318 g/mol. The summed E-state index contributed by atoms with van der Waals surface area (Å²) < 4.78 is 0. The van der Waals surface area contributed by atoms with Crippen molar-refractivity contribution < 1.29 is 9.90 Å². The van der Waals surface area contributed by atoms with Gasteiger partial charge in [0, 0.05) is 18.8 Å². The van der Waals surface area contributed by atoms with Crippen molar-refractivity contribution in [2.75, 3.05) is 18.4 Å². The van der Waals surface area contributed by atoms with Gasteiger partial charge in [0.2, 0.25) is 0 Å². The van der Waals surface area contributed by atoms with Crippen LogP contribution < -0.4 is 5.32 Å². The van der Waals surface area contributed by atoms with Crippen molar-refractivity contribution in [3.63, 3.8) is 0 Å². The molecule has 1 heterocycles. The van der Waals surface area contributed by atoms with Gasteiger partial charge < -0.3 is 15.3 Å². The molecule has 4 heteroatoms. The van der Waals surface area contributed by atoms with Gasteiger partial charge in [-0.2, -0.15) is 0 Å². The van der Waals surface area contributed by atoms with Crippen LogP contribution >= 0.6 is 0 Å². The first-order chi connectivity index (χ1) is 11.1. The molecule has 0 aliphatic carbocycles. The molecule has 0 spiro atoms. The number of hydrogen-bond acceptors (Lipinski definition) is 2. The lowest BCUT2D eigenvalue weighted by molar-refractivity contribution is 0.0820. The molecule has 1 unspecified atom stereocenters. The van der Waals surface area contributed by atoms with Crippen LogP contribution in [0.4, 0.5) is 10.5 Å². The van der Waals surface area contributed by atoms with Crippen molar-refractivity contribution in [1.29, 1.82) is 0 Å². The third-order valence-electron chi connectivity index (χ3n) is 4.78. The Balaban J connectivity index is 1.79. The van der Waals surface area contributed by atoms with Crippen LogP contribution in [0, 0.1) is 5.92 Å². The smallest absolute Gasteiger partial charge is 0.321 e. The highest BCUT2D eigenvalue weighted by Gasteiger charge is 2.25. The van der Waals surface area contributed by atoms with Gasteiger partial charge in [-0.05, 0) is 56.2 Å². The van der Waals surface area contributed by atoms with Crippen molar-refractivity contribution >= 4 is 11.7 Å². The van der Waals surface area contributed by atoms with Gasteiger partial charge in [-0.1, -0.05) is 31.9 Å². The van der Waals surface area contributed by atoms with Gasteiger partial charge in [-0.15, -0.1) is 0 Å². The molecule has 0 saturated carbocycles. The maximum absolute atomic E-state index is 12.3. The molecular formula is C19H30N2O2. The molecule has 1 fully saturated rings. The third kappa shape index (κ3) is 5.54. The number of piperidine rings is 1. The molecule has 1 saturated heterocycles. The molecule has 2 N–H and O–H groups in total. The predicted molar refractivity (Wildman–Crippen MR) is 94.7 cm³/mol. The first kappa shape index (κ1) is 17.8. The molecule has 2 amide bonds. The topological polar surface area (TPSA) is 52.6 Å². The van der Waals surface area contributed by atoms with Crippen LogP contribution in [-0.4, -0.2) is 35.2 Å². The van der Waals surface area contributed by atoms with Crippen LogP contribution in [0.25, 0.3) is 0 Å². The second-order valence-electron chi connectivity index (χ2n) is 6.65. The van der Waals surface area contributed by atoms with Gasteiger partial charge >= 0.3 is 6.03 Å². The van der Waals surface area contributed by atoms with Crippen molar-refractivity contribution in [3.8, 4) is 0 Å². The number of aliphatic hydroxyl groups is 1. The number of nitrogens with one attached hydrogen (secondary N) is 1. The summed E-state index contributed by atoms with van der Waals surface area (Å²) in [6.07, 6.45) is 6.31. The standard InChI is InChI=1S/C19H30N2O2/c1-3-4-5-6-16-7-9-18(10-8-16)20-19(23)21-13-11-17(12-14-21)15(2)22/h7-10,15,17,22H,3-6,11-14H2,1-2H3,(H,20,23). The normalized spacial score (nSPS) is 17.1. The zero-order chi connectivity index (χ0) is 16.7. The summed E-state index contributed by atoms with van der Waals surface area (Å²) in [6.45, 7) is 5.48. The van der Waals surface area contributed by atoms with E-state index in [1.54, 1.807) is 0 Å². The van der Waals surface area contributed by atoms with Crippen molar-refractivity contribution in [2.45, 2.75) is 58.5 Å². The fourth-order valence-electron chi connectivity index (χ4n) is 3.12. The second-order valence-corrected chi connectivity index (χ2v) is 6.65. The summed E-state index contributed by atoms with van der Waals surface area (Å²) >= 11 is 0. The lowest BCUT2D eigenvalue weighted by Gasteiger charge is -2.33. The highest BCUT2D eigenvalue weighted by Crippen LogP contribution is 2.21. The number of nitrogens with zero attached hydrogens (tertiary/aromatic N) is 1. The van der Waals surface area contributed by atoms with Gasteiger partial charge in [0.1, 0.15) is 0 Å². The van der Waals surface area contributed by atoms with Gasteiger partial charge in [-0.3, -0.25) is 0 Å². The number of amides is 2. The third-order valence-corrected chi connectivity index (χ3v) is 4.78. The molecule has 1 aliphatic heterocycles. The minimum atomic E-state index is -0.277. The number of benzene rings is 1. The van der Waals surface area contributed by atoms with Crippen LogP contribution in [0.2, 0.25) is 0 Å². The first-order valence-corrected chi connectivity index (χ1v) is 8.93. The number of hydrogen-bond donors (Lipinski definition) is 2. The number of carbonyl (C=O) groups is 1. The molecule has 1 aromatic carbocycles. The number of rotatable bonds is 6. The maximum Gasteiger partial charge on any atom is 0.321 e. The van der Waals surface area contributed by atoms with E-state index in [-0.39, 0.29) is 12.1 Å². The second kappa shape index (κ2) is 8.92. The van der Waals surface area contributed by atoms with Crippen LogP contribution in [0.5, 0.6) is 0 Å². The summed E-state index contributed by atoms with van der Waals surface area (Å²) in [4.78, 5) is 14.1. The zero-order valence-corrected chi connectivity index (χ0v) is 14.4. The summed E-state index contributed by atoms with van der Waals surface area (Å²) in [7, 11) is 0. The number of urea groups is 1. The van der Waals surface area contributed by atoms with E-state index < -0.39 is 0 Å². The SMILES string of the molecule is CCCCCc1ccc(NC(=O)N2CCC(C(C)O)CC2)cc1. The molecule has 2 rings (SSSR count). The summed E-state index contributed by atoms with van der Waals surface area (Å²) in [5.74, 6) is 0.321. The Kier molecular flexibility index (Phi) is 6.90.